The highest BCUT2D eigenvalue weighted by atomic mass is 16.2. The molecule has 0 spiro atoms. The van der Waals surface area contributed by atoms with E-state index in [4.69, 9.17) is 0 Å². The van der Waals surface area contributed by atoms with Crippen molar-refractivity contribution in [3.63, 3.8) is 0 Å². The standard InChI is InChI=1S/C11H10N2O/c14-11-5-10(13-11)8-6-12-9-4-2-1-3-7(8)9/h1-4,6,10,12H,5H2,(H,13,14). The van der Waals surface area contributed by atoms with Crippen LogP contribution in [0.25, 0.3) is 10.9 Å². The highest BCUT2D eigenvalue weighted by Crippen LogP contribution is 2.29. The number of benzene rings is 1. The molecule has 1 aromatic heterocycles. The van der Waals surface area contributed by atoms with Crippen molar-refractivity contribution in [2.24, 2.45) is 0 Å². The first-order chi connectivity index (χ1) is 6.84. The molecule has 0 bridgehead atoms. The van der Waals surface area contributed by atoms with E-state index >= 15 is 0 Å². The molecule has 1 aliphatic heterocycles. The van der Waals surface area contributed by atoms with Crippen molar-refractivity contribution >= 4 is 16.8 Å². The smallest absolute Gasteiger partial charge is 0.222 e. The van der Waals surface area contributed by atoms with Crippen molar-refractivity contribution in [3.05, 3.63) is 36.0 Å². The number of hydrogen-bond acceptors (Lipinski definition) is 1. The summed E-state index contributed by atoms with van der Waals surface area (Å²) in [6, 6.07) is 8.34. The Bertz CT molecular complexity index is 493. The van der Waals surface area contributed by atoms with Gasteiger partial charge in [0.2, 0.25) is 5.91 Å². The molecule has 2 aromatic rings. The van der Waals surface area contributed by atoms with Gasteiger partial charge in [0, 0.05) is 22.7 Å². The van der Waals surface area contributed by atoms with Gasteiger partial charge >= 0.3 is 0 Å². The highest BCUT2D eigenvalue weighted by Gasteiger charge is 2.28. The Hall–Kier alpha value is -1.77. The van der Waals surface area contributed by atoms with Gasteiger partial charge < -0.3 is 10.3 Å². The van der Waals surface area contributed by atoms with Crippen LogP contribution in [0.5, 0.6) is 0 Å². The first-order valence-electron chi connectivity index (χ1n) is 4.70. The lowest BCUT2D eigenvalue weighted by Crippen LogP contribution is -2.41. The quantitative estimate of drug-likeness (QED) is 0.654. The topological polar surface area (TPSA) is 44.9 Å². The number of H-pyrrole nitrogens is 1. The number of rotatable bonds is 1. The number of aromatic amines is 1. The minimum atomic E-state index is 0.139. The molecule has 3 nitrogen and oxygen atoms in total. The molecule has 1 unspecified atom stereocenters. The van der Waals surface area contributed by atoms with E-state index < -0.39 is 0 Å². The Balaban J connectivity index is 2.09. The fourth-order valence-corrected chi connectivity index (χ4v) is 1.93. The van der Waals surface area contributed by atoms with Crippen LogP contribution in [0.3, 0.4) is 0 Å². The van der Waals surface area contributed by atoms with E-state index in [0.717, 1.165) is 5.52 Å². The van der Waals surface area contributed by atoms with Gasteiger partial charge in [-0.2, -0.15) is 0 Å². The van der Waals surface area contributed by atoms with E-state index in [9.17, 15) is 4.79 Å². The van der Waals surface area contributed by atoms with Gasteiger partial charge in [0.15, 0.2) is 0 Å². The number of nitrogens with one attached hydrogen (secondary N) is 2. The lowest BCUT2D eigenvalue weighted by molar-refractivity contribution is -0.128. The molecule has 0 aliphatic carbocycles. The van der Waals surface area contributed by atoms with Gasteiger partial charge in [-0.3, -0.25) is 4.79 Å². The van der Waals surface area contributed by atoms with Crippen molar-refractivity contribution in [3.8, 4) is 0 Å². The van der Waals surface area contributed by atoms with E-state index in [0.29, 0.717) is 6.42 Å². The first-order valence-corrected chi connectivity index (χ1v) is 4.70. The van der Waals surface area contributed by atoms with Crippen molar-refractivity contribution in [2.45, 2.75) is 12.5 Å². The molecule has 1 aliphatic rings. The second-order valence-corrected chi connectivity index (χ2v) is 3.61. The van der Waals surface area contributed by atoms with Gasteiger partial charge in [-0.05, 0) is 6.07 Å². The number of amides is 1. The summed E-state index contributed by atoms with van der Waals surface area (Å²) >= 11 is 0. The molecule has 70 valence electrons. The van der Waals surface area contributed by atoms with Crippen LogP contribution in [-0.4, -0.2) is 10.9 Å². The summed E-state index contributed by atoms with van der Waals surface area (Å²) < 4.78 is 0. The Kier molecular flexibility index (Phi) is 1.42. The van der Waals surface area contributed by atoms with Gasteiger partial charge in [0.25, 0.3) is 0 Å². The van der Waals surface area contributed by atoms with Gasteiger partial charge in [0.05, 0.1) is 12.5 Å². The highest BCUT2D eigenvalue weighted by molar-refractivity contribution is 5.89. The number of para-hydroxylation sites is 1. The summed E-state index contributed by atoms with van der Waals surface area (Å²) in [4.78, 5) is 14.0. The molecule has 2 heterocycles. The minimum Gasteiger partial charge on any atom is -0.361 e. The molecule has 1 saturated heterocycles. The lowest BCUT2D eigenvalue weighted by atomic mass is 9.97. The molecule has 3 rings (SSSR count). The maximum atomic E-state index is 10.8. The van der Waals surface area contributed by atoms with Crippen molar-refractivity contribution < 1.29 is 4.79 Å². The molecular weight excluding hydrogens is 176 g/mol. The van der Waals surface area contributed by atoms with Crippen LogP contribution in [0.4, 0.5) is 0 Å². The van der Waals surface area contributed by atoms with Crippen molar-refractivity contribution in [1.29, 1.82) is 0 Å². The van der Waals surface area contributed by atoms with Gasteiger partial charge in [-0.1, -0.05) is 18.2 Å². The number of carbonyl (C=O) groups excluding carboxylic acids is 1. The lowest BCUT2D eigenvalue weighted by Gasteiger charge is -2.26. The van der Waals surface area contributed by atoms with E-state index in [1.807, 2.05) is 24.4 Å². The number of aromatic nitrogens is 1. The summed E-state index contributed by atoms with van der Waals surface area (Å²) in [5.41, 5.74) is 2.32. The fraction of sp³-hybridized carbons (Fsp3) is 0.182. The zero-order valence-corrected chi connectivity index (χ0v) is 7.58. The maximum absolute atomic E-state index is 10.8. The van der Waals surface area contributed by atoms with Crippen molar-refractivity contribution in [1.82, 2.24) is 10.3 Å². The van der Waals surface area contributed by atoms with Crippen LogP contribution in [0.15, 0.2) is 30.5 Å². The largest absolute Gasteiger partial charge is 0.361 e. The number of β-lactam (4-membered cyclic amide) rings is 1. The van der Waals surface area contributed by atoms with Crippen LogP contribution >= 0.6 is 0 Å². The van der Waals surface area contributed by atoms with Gasteiger partial charge in [-0.15, -0.1) is 0 Å². The third-order valence-electron chi connectivity index (χ3n) is 2.72. The summed E-state index contributed by atoms with van der Waals surface area (Å²) in [5.74, 6) is 0.139. The Labute approximate surface area is 81.1 Å². The predicted octanol–water partition coefficient (Wildman–Crippen LogP) is 1.73. The van der Waals surface area contributed by atoms with Crippen LogP contribution < -0.4 is 5.32 Å². The molecule has 1 atom stereocenters. The molecule has 3 heteroatoms. The van der Waals surface area contributed by atoms with E-state index in [1.165, 1.54) is 10.9 Å². The fourth-order valence-electron chi connectivity index (χ4n) is 1.93. The summed E-state index contributed by atoms with van der Waals surface area (Å²) in [6.45, 7) is 0. The molecule has 1 amide bonds. The van der Waals surface area contributed by atoms with Crippen LogP contribution in [-0.2, 0) is 4.79 Å². The van der Waals surface area contributed by atoms with E-state index in [2.05, 4.69) is 16.4 Å². The van der Waals surface area contributed by atoms with Gasteiger partial charge in [0.1, 0.15) is 0 Å². The number of hydrogen-bond donors (Lipinski definition) is 2. The monoisotopic (exact) mass is 186 g/mol. The van der Waals surface area contributed by atoms with E-state index in [1.54, 1.807) is 0 Å². The molecule has 14 heavy (non-hydrogen) atoms. The molecule has 0 radical (unpaired) electrons. The Morgan fingerprint density at radius 3 is 2.86 bits per heavy atom. The van der Waals surface area contributed by atoms with Crippen molar-refractivity contribution in [2.75, 3.05) is 0 Å². The first kappa shape index (κ1) is 7.62. The third-order valence-corrected chi connectivity index (χ3v) is 2.72. The Morgan fingerprint density at radius 1 is 1.29 bits per heavy atom. The second-order valence-electron chi connectivity index (χ2n) is 3.61. The van der Waals surface area contributed by atoms with Crippen LogP contribution in [0.1, 0.15) is 18.0 Å². The average molecular weight is 186 g/mol. The molecule has 0 saturated carbocycles. The molecule has 1 aromatic carbocycles. The number of fused-ring (bicyclic) bond motifs is 1. The maximum Gasteiger partial charge on any atom is 0.222 e. The predicted molar refractivity (Wildman–Crippen MR) is 53.8 cm³/mol. The SMILES string of the molecule is O=C1CC(c2c[nH]c3ccccc23)N1. The average Bonchev–Trinajstić information content (AvgIpc) is 2.56. The van der Waals surface area contributed by atoms with E-state index in [-0.39, 0.29) is 11.9 Å². The van der Waals surface area contributed by atoms with Gasteiger partial charge in [-0.25, -0.2) is 0 Å². The second kappa shape index (κ2) is 2.61. The molecule has 2 N–H and O–H groups in total. The summed E-state index contributed by atoms with van der Waals surface area (Å²) in [7, 11) is 0. The minimum absolute atomic E-state index is 0.139. The van der Waals surface area contributed by atoms with Crippen LogP contribution in [0, 0.1) is 0 Å². The number of carbonyl (C=O) groups is 1. The summed E-state index contributed by atoms with van der Waals surface area (Å²) in [6.07, 6.45) is 2.59. The third kappa shape index (κ3) is 0.954. The Morgan fingerprint density at radius 2 is 2.07 bits per heavy atom. The zero-order valence-electron chi connectivity index (χ0n) is 7.58. The van der Waals surface area contributed by atoms with Crippen LogP contribution in [0.2, 0.25) is 0 Å². The molecule has 1 fully saturated rings. The molecular formula is C11H10N2O. The summed E-state index contributed by atoms with van der Waals surface area (Å²) in [5, 5.41) is 4.08. The normalized spacial score (nSPS) is 20.6. The zero-order chi connectivity index (χ0) is 9.54.